The van der Waals surface area contributed by atoms with Gasteiger partial charge in [0.2, 0.25) is 0 Å². The van der Waals surface area contributed by atoms with Gasteiger partial charge < -0.3 is 9.47 Å². The number of rotatable bonds is 4. The first-order valence-corrected chi connectivity index (χ1v) is 6.56. The molecule has 0 N–H and O–H groups in total. The maximum Gasteiger partial charge on any atom is 0.0731 e. The van der Waals surface area contributed by atoms with Crippen molar-refractivity contribution in [3.8, 4) is 0 Å². The molecule has 2 fully saturated rings. The monoisotopic (exact) mass is 227 g/mol. The maximum atomic E-state index is 5.74. The molecule has 2 rings (SSSR count). The largest absolute Gasteiger partial charge is 0.376 e. The molecule has 16 heavy (non-hydrogen) atoms. The van der Waals surface area contributed by atoms with Gasteiger partial charge in [0.15, 0.2) is 0 Å². The molecule has 94 valence electrons. The third-order valence-electron chi connectivity index (χ3n) is 3.48. The molecule has 1 heterocycles. The number of nitrogens with zero attached hydrogens (tertiary/aromatic N) is 1. The number of morpholine rings is 1. The minimum Gasteiger partial charge on any atom is -0.376 e. The Bertz CT molecular complexity index is 224. The number of ether oxygens (including phenoxy) is 2. The van der Waals surface area contributed by atoms with Crippen molar-refractivity contribution in [2.75, 3.05) is 26.3 Å². The average molecular weight is 227 g/mol. The predicted octanol–water partition coefficient (Wildman–Crippen LogP) is 2.05. The van der Waals surface area contributed by atoms with Gasteiger partial charge in [-0.05, 0) is 40.0 Å². The van der Waals surface area contributed by atoms with Gasteiger partial charge >= 0.3 is 0 Å². The van der Waals surface area contributed by atoms with Gasteiger partial charge in [0.25, 0.3) is 0 Å². The first kappa shape index (κ1) is 12.3. The molecule has 1 saturated heterocycles. The van der Waals surface area contributed by atoms with Crippen LogP contribution in [0.3, 0.4) is 0 Å². The molecule has 1 aliphatic carbocycles. The number of hydrogen-bond donors (Lipinski definition) is 0. The van der Waals surface area contributed by atoms with Crippen molar-refractivity contribution < 1.29 is 9.47 Å². The van der Waals surface area contributed by atoms with E-state index in [9.17, 15) is 0 Å². The molecule has 1 aliphatic heterocycles. The molecule has 0 aromatic heterocycles. The molecule has 2 aliphatic rings. The maximum absolute atomic E-state index is 5.74. The highest BCUT2D eigenvalue weighted by molar-refractivity contribution is 4.92. The van der Waals surface area contributed by atoms with Gasteiger partial charge in [-0.2, -0.15) is 0 Å². The van der Waals surface area contributed by atoms with Crippen LogP contribution in [0.25, 0.3) is 0 Å². The second-order valence-corrected chi connectivity index (χ2v) is 5.90. The first-order valence-electron chi connectivity index (χ1n) is 6.56. The van der Waals surface area contributed by atoms with Crippen LogP contribution in [0.4, 0.5) is 0 Å². The molecule has 0 aromatic carbocycles. The van der Waals surface area contributed by atoms with Crippen LogP contribution in [0.2, 0.25) is 0 Å². The SMILES string of the molecule is CC(C)(C)OCCCN1CCOC2CCC21. The molecular weight excluding hydrogens is 202 g/mol. The van der Waals surface area contributed by atoms with Gasteiger partial charge in [-0.1, -0.05) is 0 Å². The summed E-state index contributed by atoms with van der Waals surface area (Å²) in [6.07, 6.45) is 4.27. The fraction of sp³-hybridized carbons (Fsp3) is 1.00. The molecule has 2 unspecified atom stereocenters. The highest BCUT2D eigenvalue weighted by Gasteiger charge is 2.38. The Balaban J connectivity index is 1.62. The zero-order valence-corrected chi connectivity index (χ0v) is 10.9. The smallest absolute Gasteiger partial charge is 0.0731 e. The molecule has 2 atom stereocenters. The summed E-state index contributed by atoms with van der Waals surface area (Å²) in [7, 11) is 0. The molecule has 0 bridgehead atoms. The van der Waals surface area contributed by atoms with Crippen LogP contribution >= 0.6 is 0 Å². The van der Waals surface area contributed by atoms with E-state index in [-0.39, 0.29) is 5.60 Å². The van der Waals surface area contributed by atoms with Gasteiger partial charge in [-0.15, -0.1) is 0 Å². The lowest BCUT2D eigenvalue weighted by molar-refractivity contribution is -0.122. The van der Waals surface area contributed by atoms with E-state index in [4.69, 9.17) is 9.47 Å². The van der Waals surface area contributed by atoms with Gasteiger partial charge in [0, 0.05) is 25.7 Å². The van der Waals surface area contributed by atoms with E-state index in [1.54, 1.807) is 0 Å². The second-order valence-electron chi connectivity index (χ2n) is 5.90. The van der Waals surface area contributed by atoms with Crippen molar-refractivity contribution in [1.29, 1.82) is 0 Å². The topological polar surface area (TPSA) is 21.7 Å². The summed E-state index contributed by atoms with van der Waals surface area (Å²) in [5.41, 5.74) is 0.00398. The zero-order chi connectivity index (χ0) is 11.6. The summed E-state index contributed by atoms with van der Waals surface area (Å²) < 4.78 is 11.4. The van der Waals surface area contributed by atoms with E-state index in [0.29, 0.717) is 12.1 Å². The van der Waals surface area contributed by atoms with Crippen LogP contribution in [0.15, 0.2) is 0 Å². The summed E-state index contributed by atoms with van der Waals surface area (Å²) in [5.74, 6) is 0. The molecular formula is C13H25NO2. The van der Waals surface area contributed by atoms with Gasteiger partial charge in [0.05, 0.1) is 18.3 Å². The van der Waals surface area contributed by atoms with Crippen LogP contribution in [0.5, 0.6) is 0 Å². The van der Waals surface area contributed by atoms with Crippen molar-refractivity contribution in [3.63, 3.8) is 0 Å². The molecule has 0 aromatic rings. The second kappa shape index (κ2) is 5.03. The Morgan fingerprint density at radius 3 is 2.75 bits per heavy atom. The molecule has 1 saturated carbocycles. The Labute approximate surface area is 99.1 Å². The highest BCUT2D eigenvalue weighted by Crippen LogP contribution is 2.31. The minimum absolute atomic E-state index is 0.00398. The van der Waals surface area contributed by atoms with E-state index in [0.717, 1.165) is 26.2 Å². The fourth-order valence-corrected chi connectivity index (χ4v) is 2.47. The average Bonchev–Trinajstić information content (AvgIpc) is 2.13. The Morgan fingerprint density at radius 2 is 2.12 bits per heavy atom. The van der Waals surface area contributed by atoms with E-state index < -0.39 is 0 Å². The predicted molar refractivity (Wildman–Crippen MR) is 64.7 cm³/mol. The quantitative estimate of drug-likeness (QED) is 0.686. The van der Waals surface area contributed by atoms with E-state index >= 15 is 0 Å². The van der Waals surface area contributed by atoms with Crippen molar-refractivity contribution in [3.05, 3.63) is 0 Å². The van der Waals surface area contributed by atoms with Crippen LogP contribution in [0.1, 0.15) is 40.0 Å². The van der Waals surface area contributed by atoms with Gasteiger partial charge in [0.1, 0.15) is 0 Å². The zero-order valence-electron chi connectivity index (χ0n) is 10.9. The number of hydrogen-bond acceptors (Lipinski definition) is 3. The molecule has 0 radical (unpaired) electrons. The standard InChI is InChI=1S/C13H25NO2/c1-13(2,3)16-9-4-7-14-8-10-15-12-6-5-11(12)14/h11-12H,4-10H2,1-3H3. The molecule has 0 spiro atoms. The van der Waals surface area contributed by atoms with E-state index in [1.807, 2.05) is 0 Å². The number of fused-ring (bicyclic) bond motifs is 1. The Morgan fingerprint density at radius 1 is 1.31 bits per heavy atom. The van der Waals surface area contributed by atoms with Crippen LogP contribution in [-0.2, 0) is 9.47 Å². The highest BCUT2D eigenvalue weighted by atomic mass is 16.5. The molecule has 0 amide bonds. The lowest BCUT2D eigenvalue weighted by Gasteiger charge is -2.48. The third kappa shape index (κ3) is 3.19. The summed E-state index contributed by atoms with van der Waals surface area (Å²) in [6.45, 7) is 10.4. The summed E-state index contributed by atoms with van der Waals surface area (Å²) >= 11 is 0. The fourth-order valence-electron chi connectivity index (χ4n) is 2.47. The normalized spacial score (nSPS) is 30.9. The Hall–Kier alpha value is -0.120. The lowest BCUT2D eigenvalue weighted by Crippen LogP contribution is -2.57. The van der Waals surface area contributed by atoms with Crippen molar-refractivity contribution in [2.45, 2.75) is 57.8 Å². The van der Waals surface area contributed by atoms with Crippen LogP contribution in [0, 0.1) is 0 Å². The van der Waals surface area contributed by atoms with E-state index in [1.165, 1.54) is 19.4 Å². The third-order valence-corrected chi connectivity index (χ3v) is 3.48. The van der Waals surface area contributed by atoms with E-state index in [2.05, 4.69) is 25.7 Å². The lowest BCUT2D eigenvalue weighted by atomic mass is 9.86. The van der Waals surface area contributed by atoms with Crippen molar-refractivity contribution in [1.82, 2.24) is 4.90 Å². The summed E-state index contributed by atoms with van der Waals surface area (Å²) in [4.78, 5) is 2.59. The van der Waals surface area contributed by atoms with Gasteiger partial charge in [-0.3, -0.25) is 4.90 Å². The minimum atomic E-state index is 0.00398. The van der Waals surface area contributed by atoms with Crippen LogP contribution < -0.4 is 0 Å². The van der Waals surface area contributed by atoms with Gasteiger partial charge in [-0.25, -0.2) is 0 Å². The summed E-state index contributed by atoms with van der Waals surface area (Å²) in [5, 5.41) is 0. The molecule has 3 heteroatoms. The summed E-state index contributed by atoms with van der Waals surface area (Å²) in [6, 6.07) is 0.711. The Kier molecular flexibility index (Phi) is 3.88. The molecule has 3 nitrogen and oxygen atoms in total. The van der Waals surface area contributed by atoms with Crippen LogP contribution in [-0.4, -0.2) is 49.0 Å². The first-order chi connectivity index (χ1) is 7.56. The van der Waals surface area contributed by atoms with Crippen molar-refractivity contribution >= 4 is 0 Å². The van der Waals surface area contributed by atoms with Crippen molar-refractivity contribution in [2.24, 2.45) is 0 Å².